The van der Waals surface area contributed by atoms with Crippen LogP contribution in [0, 0.1) is 0 Å². The summed E-state index contributed by atoms with van der Waals surface area (Å²) in [5.74, 6) is 0. The average Bonchev–Trinajstić information content (AvgIpc) is 2.49. The van der Waals surface area contributed by atoms with Crippen molar-refractivity contribution in [3.05, 3.63) is 66.2 Å². The van der Waals surface area contributed by atoms with Gasteiger partial charge < -0.3 is 0 Å². The molecule has 2 aromatic rings. The minimum Gasteiger partial charge on any atom is -0.292 e. The van der Waals surface area contributed by atoms with E-state index in [0.29, 0.717) is 0 Å². The lowest BCUT2D eigenvalue weighted by Gasteiger charge is -2.26. The second-order valence-electron chi connectivity index (χ2n) is 4.23. The van der Waals surface area contributed by atoms with Gasteiger partial charge in [-0.15, -0.1) is 0 Å². The molecule has 18 heavy (non-hydrogen) atoms. The summed E-state index contributed by atoms with van der Waals surface area (Å²) >= 11 is 0. The third-order valence-corrected chi connectivity index (χ3v) is 2.96. The van der Waals surface area contributed by atoms with Gasteiger partial charge in [0.15, 0.2) is 0 Å². The molecule has 0 aromatic heterocycles. The van der Waals surface area contributed by atoms with Gasteiger partial charge in [0.1, 0.15) is 0 Å². The first-order valence-corrected chi connectivity index (χ1v) is 6.10. The van der Waals surface area contributed by atoms with Crippen LogP contribution in [-0.2, 0) is 0 Å². The van der Waals surface area contributed by atoms with Crippen LogP contribution in [0.1, 0.15) is 5.56 Å². The van der Waals surface area contributed by atoms with Crippen LogP contribution >= 0.6 is 0 Å². The van der Waals surface area contributed by atoms with Gasteiger partial charge in [-0.05, 0) is 17.7 Å². The molecule has 0 aliphatic carbocycles. The molecule has 3 nitrogen and oxygen atoms in total. The minimum absolute atomic E-state index is 0.750. The third kappa shape index (κ3) is 2.26. The molecule has 0 spiro atoms. The molecule has 0 saturated heterocycles. The molecular formula is C15H15N3. The molecule has 0 bridgehead atoms. The molecule has 0 atom stereocenters. The van der Waals surface area contributed by atoms with E-state index in [0.717, 1.165) is 24.6 Å². The van der Waals surface area contributed by atoms with Gasteiger partial charge in [0.05, 0.1) is 18.1 Å². The van der Waals surface area contributed by atoms with E-state index in [9.17, 15) is 0 Å². The number of hydrazone groups is 1. The Labute approximate surface area is 107 Å². The van der Waals surface area contributed by atoms with Crippen LogP contribution in [0.3, 0.4) is 0 Å². The van der Waals surface area contributed by atoms with Crippen LogP contribution in [0.5, 0.6) is 0 Å². The van der Waals surface area contributed by atoms with E-state index in [-0.39, 0.29) is 0 Å². The second kappa shape index (κ2) is 5.02. The zero-order chi connectivity index (χ0) is 12.2. The first-order valence-electron chi connectivity index (χ1n) is 6.10. The summed E-state index contributed by atoms with van der Waals surface area (Å²) in [5.41, 5.74) is 3.36. The van der Waals surface area contributed by atoms with Crippen molar-refractivity contribution in [3.63, 3.8) is 0 Å². The number of nitrogens with one attached hydrogen (secondary N) is 1. The Morgan fingerprint density at radius 2 is 1.56 bits per heavy atom. The van der Waals surface area contributed by atoms with E-state index in [1.54, 1.807) is 0 Å². The monoisotopic (exact) mass is 237 g/mol. The van der Waals surface area contributed by atoms with E-state index < -0.39 is 0 Å². The average molecular weight is 237 g/mol. The summed E-state index contributed by atoms with van der Waals surface area (Å²) in [7, 11) is 0. The Morgan fingerprint density at radius 3 is 2.28 bits per heavy atom. The number of rotatable bonds is 2. The highest BCUT2D eigenvalue weighted by Gasteiger charge is 2.13. The van der Waals surface area contributed by atoms with Crippen LogP contribution in [0.4, 0.5) is 5.69 Å². The Hall–Kier alpha value is -2.13. The van der Waals surface area contributed by atoms with Crippen molar-refractivity contribution in [1.82, 2.24) is 5.32 Å². The molecule has 0 fully saturated rings. The zero-order valence-corrected chi connectivity index (χ0v) is 10.1. The summed E-state index contributed by atoms with van der Waals surface area (Å²) in [5, 5.41) is 10.1. The standard InChI is InChI=1S/C15H15N3/c1-3-7-13(8-4-1)15-11-16-12-18(17-15)14-9-5-2-6-10-14/h1-10,16H,11-12H2. The molecule has 0 amide bonds. The van der Waals surface area contributed by atoms with Crippen molar-refractivity contribution in [2.24, 2.45) is 5.10 Å². The van der Waals surface area contributed by atoms with Crippen LogP contribution in [0.15, 0.2) is 65.8 Å². The maximum Gasteiger partial charge on any atom is 0.0914 e. The fourth-order valence-electron chi connectivity index (χ4n) is 2.04. The quantitative estimate of drug-likeness (QED) is 0.868. The molecule has 3 heteroatoms. The first kappa shape index (κ1) is 11.0. The minimum atomic E-state index is 0.750. The van der Waals surface area contributed by atoms with E-state index >= 15 is 0 Å². The van der Waals surface area contributed by atoms with E-state index in [1.807, 2.05) is 41.4 Å². The lowest BCUT2D eigenvalue weighted by atomic mass is 10.1. The predicted molar refractivity (Wildman–Crippen MR) is 74.8 cm³/mol. The Bertz CT molecular complexity index is 534. The van der Waals surface area contributed by atoms with Gasteiger partial charge in [0, 0.05) is 6.54 Å². The van der Waals surface area contributed by atoms with Crippen molar-refractivity contribution in [2.75, 3.05) is 18.2 Å². The van der Waals surface area contributed by atoms with Gasteiger partial charge in [0.2, 0.25) is 0 Å². The molecule has 90 valence electrons. The highest BCUT2D eigenvalue weighted by atomic mass is 15.5. The summed E-state index contributed by atoms with van der Waals surface area (Å²) in [6.07, 6.45) is 0. The van der Waals surface area contributed by atoms with Crippen molar-refractivity contribution >= 4 is 11.4 Å². The maximum atomic E-state index is 4.71. The van der Waals surface area contributed by atoms with Gasteiger partial charge >= 0.3 is 0 Å². The van der Waals surface area contributed by atoms with Crippen molar-refractivity contribution < 1.29 is 0 Å². The molecule has 0 radical (unpaired) electrons. The topological polar surface area (TPSA) is 27.6 Å². The number of hydrogen-bond acceptors (Lipinski definition) is 3. The number of anilines is 1. The summed E-state index contributed by atoms with van der Waals surface area (Å²) in [6.45, 7) is 1.56. The fourth-order valence-corrected chi connectivity index (χ4v) is 2.04. The van der Waals surface area contributed by atoms with Crippen molar-refractivity contribution in [3.8, 4) is 0 Å². The summed E-state index contributed by atoms with van der Waals surface area (Å²) < 4.78 is 0. The third-order valence-electron chi connectivity index (χ3n) is 2.96. The van der Waals surface area contributed by atoms with Crippen LogP contribution < -0.4 is 10.3 Å². The van der Waals surface area contributed by atoms with Crippen molar-refractivity contribution in [1.29, 1.82) is 0 Å². The lowest BCUT2D eigenvalue weighted by molar-refractivity contribution is 0.686. The summed E-state index contributed by atoms with van der Waals surface area (Å²) in [6, 6.07) is 20.5. The largest absolute Gasteiger partial charge is 0.292 e. The van der Waals surface area contributed by atoms with Gasteiger partial charge in [0.25, 0.3) is 0 Å². The van der Waals surface area contributed by atoms with Crippen LogP contribution in [-0.4, -0.2) is 18.9 Å². The molecule has 2 aromatic carbocycles. The van der Waals surface area contributed by atoms with E-state index in [4.69, 9.17) is 5.10 Å². The molecular weight excluding hydrogens is 222 g/mol. The van der Waals surface area contributed by atoms with Crippen LogP contribution in [0.25, 0.3) is 0 Å². The smallest absolute Gasteiger partial charge is 0.0914 e. The van der Waals surface area contributed by atoms with Crippen LogP contribution in [0.2, 0.25) is 0 Å². The molecule has 3 rings (SSSR count). The molecule has 1 aliphatic heterocycles. The fraction of sp³-hybridized carbons (Fsp3) is 0.133. The lowest BCUT2D eigenvalue weighted by Crippen LogP contribution is -2.40. The number of nitrogens with zero attached hydrogens (tertiary/aromatic N) is 2. The van der Waals surface area contributed by atoms with Gasteiger partial charge in [-0.25, -0.2) is 0 Å². The number of hydrogen-bond donors (Lipinski definition) is 1. The SMILES string of the molecule is c1ccc(C2=NN(c3ccccc3)CNC2)cc1. The molecule has 0 saturated carbocycles. The molecule has 1 N–H and O–H groups in total. The Morgan fingerprint density at radius 1 is 0.889 bits per heavy atom. The highest BCUT2D eigenvalue weighted by Crippen LogP contribution is 2.15. The maximum absolute atomic E-state index is 4.71. The molecule has 1 heterocycles. The van der Waals surface area contributed by atoms with E-state index in [2.05, 4.69) is 29.6 Å². The Kier molecular flexibility index (Phi) is 3.07. The van der Waals surface area contributed by atoms with Gasteiger partial charge in [-0.3, -0.25) is 10.3 Å². The Balaban J connectivity index is 1.91. The second-order valence-corrected chi connectivity index (χ2v) is 4.23. The molecule has 0 unspecified atom stereocenters. The highest BCUT2D eigenvalue weighted by molar-refractivity contribution is 6.02. The normalized spacial score (nSPS) is 15.3. The van der Waals surface area contributed by atoms with E-state index in [1.165, 1.54) is 5.56 Å². The predicted octanol–water partition coefficient (Wildman–Crippen LogP) is 2.46. The number of para-hydroxylation sites is 1. The van der Waals surface area contributed by atoms with Crippen molar-refractivity contribution in [2.45, 2.75) is 0 Å². The van der Waals surface area contributed by atoms with Gasteiger partial charge in [-0.1, -0.05) is 48.5 Å². The summed E-state index contributed by atoms with van der Waals surface area (Å²) in [4.78, 5) is 0. The zero-order valence-electron chi connectivity index (χ0n) is 10.1. The first-order chi connectivity index (χ1) is 8.93. The molecule has 1 aliphatic rings. The number of benzene rings is 2. The van der Waals surface area contributed by atoms with Gasteiger partial charge in [-0.2, -0.15) is 5.10 Å².